The molecule has 0 aliphatic carbocycles. The van der Waals surface area contributed by atoms with Crippen LogP contribution >= 0.6 is 0 Å². The highest BCUT2D eigenvalue weighted by Gasteiger charge is 2.31. The molecular formula is C20H30N2O. The molecule has 0 aromatic heterocycles. The van der Waals surface area contributed by atoms with Gasteiger partial charge >= 0.3 is 0 Å². The van der Waals surface area contributed by atoms with Gasteiger partial charge in [0.25, 0.3) is 0 Å². The first-order valence-electron chi connectivity index (χ1n) is 9.29. The minimum absolute atomic E-state index is 0.344. The number of nitrogens with zero attached hydrogens (tertiary/aromatic N) is 2. The fraction of sp³-hybridized carbons (Fsp3) is 0.650. The Morgan fingerprint density at radius 1 is 1.17 bits per heavy atom. The number of piperidine rings is 1. The fourth-order valence-corrected chi connectivity index (χ4v) is 4.29. The number of carbonyl (C=O) groups is 1. The summed E-state index contributed by atoms with van der Waals surface area (Å²) in [6, 6.07) is 9.67. The van der Waals surface area contributed by atoms with Crippen LogP contribution in [0.25, 0.3) is 0 Å². The van der Waals surface area contributed by atoms with Crippen LogP contribution in [-0.4, -0.2) is 41.4 Å². The molecule has 1 aromatic carbocycles. The van der Waals surface area contributed by atoms with Gasteiger partial charge in [0.2, 0.25) is 5.91 Å². The van der Waals surface area contributed by atoms with Crippen LogP contribution in [0.15, 0.2) is 24.3 Å². The maximum Gasteiger partial charge on any atom is 0.237 e. The Balaban J connectivity index is 1.67. The Morgan fingerprint density at radius 3 is 2.83 bits per heavy atom. The zero-order chi connectivity index (χ0) is 16.2. The lowest BCUT2D eigenvalue weighted by molar-refractivity contribution is -0.136. The Bertz CT molecular complexity index is 542. The molecule has 2 unspecified atom stereocenters. The van der Waals surface area contributed by atoms with Crippen LogP contribution in [-0.2, 0) is 4.79 Å². The molecule has 0 saturated carbocycles. The van der Waals surface area contributed by atoms with E-state index in [0.29, 0.717) is 24.5 Å². The summed E-state index contributed by atoms with van der Waals surface area (Å²) in [6.45, 7) is 6.96. The number of amides is 1. The van der Waals surface area contributed by atoms with Gasteiger partial charge in [0.1, 0.15) is 0 Å². The van der Waals surface area contributed by atoms with Gasteiger partial charge in [-0.2, -0.15) is 0 Å². The molecule has 0 N–H and O–H groups in total. The second kappa shape index (κ2) is 7.48. The summed E-state index contributed by atoms with van der Waals surface area (Å²) in [4.78, 5) is 17.4. The van der Waals surface area contributed by atoms with Crippen LogP contribution in [0.5, 0.6) is 0 Å². The number of benzene rings is 1. The highest BCUT2D eigenvalue weighted by Crippen LogP contribution is 2.32. The summed E-state index contributed by atoms with van der Waals surface area (Å²) >= 11 is 0. The van der Waals surface area contributed by atoms with Crippen LogP contribution in [0.4, 0.5) is 0 Å². The topological polar surface area (TPSA) is 23.6 Å². The van der Waals surface area contributed by atoms with Crippen molar-refractivity contribution >= 4 is 5.91 Å². The Kier molecular flexibility index (Phi) is 5.37. The second-order valence-electron chi connectivity index (χ2n) is 7.19. The highest BCUT2D eigenvalue weighted by atomic mass is 16.2. The van der Waals surface area contributed by atoms with Gasteiger partial charge in [-0.25, -0.2) is 0 Å². The third-order valence-electron chi connectivity index (χ3n) is 5.55. The van der Waals surface area contributed by atoms with Gasteiger partial charge in [0, 0.05) is 18.6 Å². The van der Waals surface area contributed by atoms with E-state index >= 15 is 0 Å². The molecule has 2 saturated heterocycles. The molecular weight excluding hydrogens is 284 g/mol. The van der Waals surface area contributed by atoms with Crippen molar-refractivity contribution in [2.24, 2.45) is 0 Å². The van der Waals surface area contributed by atoms with Crippen molar-refractivity contribution in [3.05, 3.63) is 35.4 Å². The standard InChI is InChI=1S/C20H30N2O/c1-3-18-10-4-5-13-22(18)20(23)15-21-12-7-11-19(21)17-9-6-8-16(2)14-17/h6,8-9,14,18-19H,3-5,7,10-13,15H2,1-2H3. The van der Waals surface area contributed by atoms with Crippen molar-refractivity contribution < 1.29 is 4.79 Å². The maximum atomic E-state index is 12.9. The quantitative estimate of drug-likeness (QED) is 0.841. The average Bonchev–Trinajstić information content (AvgIpc) is 3.03. The van der Waals surface area contributed by atoms with Crippen LogP contribution in [0.3, 0.4) is 0 Å². The molecule has 3 nitrogen and oxygen atoms in total. The van der Waals surface area contributed by atoms with Gasteiger partial charge in [-0.3, -0.25) is 9.69 Å². The van der Waals surface area contributed by atoms with Gasteiger partial charge in [-0.15, -0.1) is 0 Å². The molecule has 126 valence electrons. The largest absolute Gasteiger partial charge is 0.339 e. The third-order valence-corrected chi connectivity index (χ3v) is 5.55. The minimum Gasteiger partial charge on any atom is -0.339 e. The Morgan fingerprint density at radius 2 is 2.04 bits per heavy atom. The van der Waals surface area contributed by atoms with Gasteiger partial charge in [0.05, 0.1) is 6.54 Å². The number of rotatable bonds is 4. The molecule has 2 aliphatic heterocycles. The Labute approximate surface area is 140 Å². The first kappa shape index (κ1) is 16.5. The predicted molar refractivity (Wildman–Crippen MR) is 94.4 cm³/mol. The van der Waals surface area contributed by atoms with E-state index in [2.05, 4.69) is 47.9 Å². The SMILES string of the molecule is CCC1CCCCN1C(=O)CN1CCCC1c1cccc(C)c1. The molecule has 2 aliphatic rings. The number of carbonyl (C=O) groups excluding carboxylic acids is 1. The number of likely N-dealkylation sites (tertiary alicyclic amines) is 2. The molecule has 0 spiro atoms. The smallest absolute Gasteiger partial charge is 0.237 e. The van der Waals surface area contributed by atoms with Gasteiger partial charge in [-0.05, 0) is 57.6 Å². The highest BCUT2D eigenvalue weighted by molar-refractivity contribution is 5.78. The van der Waals surface area contributed by atoms with Crippen LogP contribution < -0.4 is 0 Å². The molecule has 1 aromatic rings. The van der Waals surface area contributed by atoms with Crippen molar-refractivity contribution in [2.75, 3.05) is 19.6 Å². The van der Waals surface area contributed by atoms with E-state index in [1.165, 1.54) is 43.2 Å². The minimum atomic E-state index is 0.344. The number of hydrogen-bond acceptors (Lipinski definition) is 2. The van der Waals surface area contributed by atoms with Crippen molar-refractivity contribution in [2.45, 2.75) is 64.5 Å². The average molecular weight is 314 g/mol. The van der Waals surface area contributed by atoms with Crippen LogP contribution in [0.2, 0.25) is 0 Å². The predicted octanol–water partition coefficient (Wildman–Crippen LogP) is 3.92. The zero-order valence-electron chi connectivity index (χ0n) is 14.6. The lowest BCUT2D eigenvalue weighted by Crippen LogP contribution is -2.47. The molecule has 1 amide bonds. The molecule has 23 heavy (non-hydrogen) atoms. The second-order valence-corrected chi connectivity index (χ2v) is 7.19. The number of aryl methyl sites for hydroxylation is 1. The molecule has 0 radical (unpaired) electrons. The zero-order valence-corrected chi connectivity index (χ0v) is 14.6. The van der Waals surface area contributed by atoms with E-state index in [1.807, 2.05) is 0 Å². The van der Waals surface area contributed by atoms with Crippen molar-refractivity contribution in [1.82, 2.24) is 9.80 Å². The summed E-state index contributed by atoms with van der Waals surface area (Å²) in [5.74, 6) is 0.344. The first-order chi connectivity index (χ1) is 11.2. The third kappa shape index (κ3) is 3.77. The molecule has 3 heteroatoms. The van der Waals surface area contributed by atoms with Gasteiger partial charge in [0.15, 0.2) is 0 Å². The molecule has 0 bridgehead atoms. The summed E-state index contributed by atoms with van der Waals surface area (Å²) in [7, 11) is 0. The lowest BCUT2D eigenvalue weighted by atomic mass is 9.99. The van der Waals surface area contributed by atoms with Crippen molar-refractivity contribution in [3.8, 4) is 0 Å². The normalized spacial score (nSPS) is 25.7. The lowest BCUT2D eigenvalue weighted by Gasteiger charge is -2.37. The molecule has 2 fully saturated rings. The summed E-state index contributed by atoms with van der Waals surface area (Å²) < 4.78 is 0. The van der Waals surface area contributed by atoms with E-state index in [4.69, 9.17) is 0 Å². The van der Waals surface area contributed by atoms with Crippen LogP contribution in [0, 0.1) is 6.92 Å². The van der Waals surface area contributed by atoms with E-state index in [-0.39, 0.29) is 0 Å². The van der Waals surface area contributed by atoms with E-state index in [1.54, 1.807) is 0 Å². The summed E-state index contributed by atoms with van der Waals surface area (Å²) in [5, 5.41) is 0. The van der Waals surface area contributed by atoms with E-state index < -0.39 is 0 Å². The maximum absolute atomic E-state index is 12.9. The van der Waals surface area contributed by atoms with E-state index in [0.717, 1.165) is 19.5 Å². The molecule has 2 atom stereocenters. The molecule has 3 rings (SSSR count). The first-order valence-corrected chi connectivity index (χ1v) is 9.29. The van der Waals surface area contributed by atoms with Crippen molar-refractivity contribution in [1.29, 1.82) is 0 Å². The Hall–Kier alpha value is -1.35. The van der Waals surface area contributed by atoms with E-state index in [9.17, 15) is 4.79 Å². The van der Waals surface area contributed by atoms with Gasteiger partial charge in [-0.1, -0.05) is 36.8 Å². The van der Waals surface area contributed by atoms with Crippen LogP contribution in [0.1, 0.15) is 62.6 Å². The summed E-state index contributed by atoms with van der Waals surface area (Å²) in [5.41, 5.74) is 2.68. The van der Waals surface area contributed by atoms with Crippen molar-refractivity contribution in [3.63, 3.8) is 0 Å². The monoisotopic (exact) mass is 314 g/mol. The number of hydrogen-bond donors (Lipinski definition) is 0. The van der Waals surface area contributed by atoms with Gasteiger partial charge < -0.3 is 4.90 Å². The molecule has 2 heterocycles. The summed E-state index contributed by atoms with van der Waals surface area (Å²) in [6.07, 6.45) is 7.09. The fourth-order valence-electron chi connectivity index (χ4n) is 4.29.